The molecule has 1 N–H and O–H groups in total. The van der Waals surface area contributed by atoms with Crippen LogP contribution in [-0.2, 0) is 11.3 Å². The maximum absolute atomic E-state index is 13.1. The lowest BCUT2D eigenvalue weighted by molar-refractivity contribution is -0.141. The van der Waals surface area contributed by atoms with Crippen LogP contribution in [0.1, 0.15) is 34.6 Å². The van der Waals surface area contributed by atoms with Crippen molar-refractivity contribution in [1.29, 1.82) is 0 Å². The van der Waals surface area contributed by atoms with Crippen LogP contribution in [0, 0.1) is 18.7 Å². The molecule has 3 rings (SSSR count). The Hall–Kier alpha value is -2.70. The minimum absolute atomic E-state index is 0.119. The van der Waals surface area contributed by atoms with Gasteiger partial charge in [0, 0.05) is 31.2 Å². The maximum atomic E-state index is 13.1. The summed E-state index contributed by atoms with van der Waals surface area (Å²) in [6.45, 7) is 4.87. The number of likely N-dealkylation sites (tertiary alicyclic amines) is 1. The van der Waals surface area contributed by atoms with E-state index in [9.17, 15) is 19.1 Å². The molecule has 2 atom stereocenters. The number of halogens is 1. The first kappa shape index (κ1) is 17.1. The zero-order valence-electron chi connectivity index (χ0n) is 14.1. The van der Waals surface area contributed by atoms with E-state index in [0.29, 0.717) is 12.2 Å². The number of aryl methyl sites for hydroxylation is 2. The van der Waals surface area contributed by atoms with E-state index in [0.717, 1.165) is 11.3 Å². The van der Waals surface area contributed by atoms with E-state index in [1.165, 1.54) is 17.0 Å². The van der Waals surface area contributed by atoms with Crippen molar-refractivity contribution in [1.82, 2.24) is 14.7 Å². The predicted octanol–water partition coefficient (Wildman–Crippen LogP) is 2.29. The number of carboxylic acid groups (broad SMARTS) is 1. The lowest BCUT2D eigenvalue weighted by Crippen LogP contribution is -2.30. The normalized spacial score (nSPS) is 20.0. The van der Waals surface area contributed by atoms with Crippen LogP contribution >= 0.6 is 0 Å². The highest BCUT2D eigenvalue weighted by Gasteiger charge is 2.41. The molecule has 1 aromatic carbocycles. The third kappa shape index (κ3) is 3.26. The van der Waals surface area contributed by atoms with Crippen LogP contribution in [0.2, 0.25) is 0 Å². The molecule has 2 aromatic rings. The van der Waals surface area contributed by atoms with E-state index in [-0.39, 0.29) is 30.7 Å². The van der Waals surface area contributed by atoms with Crippen molar-refractivity contribution < 1.29 is 19.1 Å². The molecule has 7 heteroatoms. The number of hydrogen-bond donors (Lipinski definition) is 1. The van der Waals surface area contributed by atoms with Gasteiger partial charge in [0.1, 0.15) is 5.82 Å². The lowest BCUT2D eigenvalue weighted by atomic mass is 9.89. The number of aromatic nitrogens is 2. The highest BCUT2D eigenvalue weighted by Crippen LogP contribution is 2.33. The van der Waals surface area contributed by atoms with Crippen molar-refractivity contribution in [3.05, 3.63) is 53.1 Å². The summed E-state index contributed by atoms with van der Waals surface area (Å²) in [6.07, 6.45) is 0. The molecule has 0 spiro atoms. The molecule has 0 aliphatic carbocycles. The van der Waals surface area contributed by atoms with Gasteiger partial charge in [-0.25, -0.2) is 4.39 Å². The Morgan fingerprint density at radius 2 is 1.96 bits per heavy atom. The second-order valence-electron chi connectivity index (χ2n) is 6.30. The summed E-state index contributed by atoms with van der Waals surface area (Å²) in [5.74, 6) is -2.69. The summed E-state index contributed by atoms with van der Waals surface area (Å²) in [5.41, 5.74) is 1.93. The van der Waals surface area contributed by atoms with E-state index >= 15 is 0 Å². The van der Waals surface area contributed by atoms with Crippen LogP contribution in [0.15, 0.2) is 30.3 Å². The predicted molar refractivity (Wildman–Crippen MR) is 88.8 cm³/mol. The fraction of sp³-hybridized carbons (Fsp3) is 0.389. The zero-order valence-corrected chi connectivity index (χ0v) is 14.1. The molecule has 0 unspecified atom stereocenters. The molecule has 0 bridgehead atoms. The quantitative estimate of drug-likeness (QED) is 0.922. The van der Waals surface area contributed by atoms with Gasteiger partial charge >= 0.3 is 5.97 Å². The molecule has 1 fully saturated rings. The van der Waals surface area contributed by atoms with Gasteiger partial charge in [-0.3, -0.25) is 14.3 Å². The Morgan fingerprint density at radius 3 is 2.52 bits per heavy atom. The Bertz CT molecular complexity index is 800. The Labute approximate surface area is 144 Å². The summed E-state index contributed by atoms with van der Waals surface area (Å²) in [4.78, 5) is 25.9. The van der Waals surface area contributed by atoms with Gasteiger partial charge in [-0.2, -0.15) is 5.10 Å². The number of rotatable bonds is 4. The molecule has 132 valence electrons. The lowest BCUT2D eigenvalue weighted by Gasteiger charge is -2.15. The molecule has 1 aliphatic heterocycles. The van der Waals surface area contributed by atoms with E-state index < -0.39 is 11.9 Å². The van der Waals surface area contributed by atoms with Crippen LogP contribution in [0.25, 0.3) is 0 Å². The maximum Gasteiger partial charge on any atom is 0.308 e. The smallest absolute Gasteiger partial charge is 0.308 e. The fourth-order valence-corrected chi connectivity index (χ4v) is 3.36. The minimum atomic E-state index is -0.958. The van der Waals surface area contributed by atoms with Crippen LogP contribution in [-0.4, -0.2) is 44.8 Å². The van der Waals surface area contributed by atoms with Crippen molar-refractivity contribution in [3.63, 3.8) is 0 Å². The van der Waals surface area contributed by atoms with Gasteiger partial charge in [-0.15, -0.1) is 0 Å². The molecule has 2 heterocycles. The van der Waals surface area contributed by atoms with Gasteiger partial charge < -0.3 is 10.0 Å². The summed E-state index contributed by atoms with van der Waals surface area (Å²) < 4.78 is 14.9. The average molecular weight is 345 g/mol. The second-order valence-corrected chi connectivity index (χ2v) is 6.30. The van der Waals surface area contributed by atoms with Crippen LogP contribution in [0.5, 0.6) is 0 Å². The van der Waals surface area contributed by atoms with Crippen LogP contribution in [0.4, 0.5) is 4.39 Å². The highest BCUT2D eigenvalue weighted by atomic mass is 19.1. The topological polar surface area (TPSA) is 75.4 Å². The van der Waals surface area contributed by atoms with E-state index in [1.807, 2.05) is 13.8 Å². The first-order valence-electron chi connectivity index (χ1n) is 8.22. The van der Waals surface area contributed by atoms with Crippen molar-refractivity contribution in [3.8, 4) is 0 Å². The number of benzene rings is 1. The number of carbonyl (C=O) groups excluding carboxylic acids is 1. The first-order valence-corrected chi connectivity index (χ1v) is 8.22. The van der Waals surface area contributed by atoms with Crippen molar-refractivity contribution in [2.24, 2.45) is 5.92 Å². The summed E-state index contributed by atoms with van der Waals surface area (Å²) >= 11 is 0. The van der Waals surface area contributed by atoms with E-state index in [1.54, 1.807) is 22.9 Å². The van der Waals surface area contributed by atoms with E-state index in [4.69, 9.17) is 0 Å². The van der Waals surface area contributed by atoms with Crippen molar-refractivity contribution >= 4 is 11.9 Å². The number of hydrogen-bond acceptors (Lipinski definition) is 3. The monoisotopic (exact) mass is 345 g/mol. The Balaban J connectivity index is 1.85. The van der Waals surface area contributed by atoms with Crippen LogP contribution < -0.4 is 0 Å². The SMILES string of the molecule is CCn1nc(C(=O)N2C[C@H](C(=O)O)[C@@H](c3ccc(F)cc3)C2)cc1C. The molecule has 1 aliphatic rings. The van der Waals surface area contributed by atoms with E-state index in [2.05, 4.69) is 5.10 Å². The van der Waals surface area contributed by atoms with Gasteiger partial charge in [0.25, 0.3) is 5.91 Å². The Morgan fingerprint density at radius 1 is 1.28 bits per heavy atom. The molecule has 25 heavy (non-hydrogen) atoms. The van der Waals surface area contributed by atoms with Crippen molar-refractivity contribution in [2.45, 2.75) is 26.3 Å². The molecule has 6 nitrogen and oxygen atoms in total. The highest BCUT2D eigenvalue weighted by molar-refractivity contribution is 5.93. The molecule has 0 radical (unpaired) electrons. The van der Waals surface area contributed by atoms with Gasteiger partial charge in [0.05, 0.1) is 5.92 Å². The van der Waals surface area contributed by atoms with Gasteiger partial charge in [0.15, 0.2) is 5.69 Å². The first-order chi connectivity index (χ1) is 11.9. The molecule has 1 saturated heterocycles. The standard InChI is InChI=1S/C18H20FN3O3/c1-3-22-11(2)8-16(20-22)17(23)21-9-14(15(10-21)18(24)25)12-4-6-13(19)7-5-12/h4-8,14-15H,3,9-10H2,1-2H3,(H,24,25)/t14-,15+/m1/s1. The molecular weight excluding hydrogens is 325 g/mol. The summed E-state index contributed by atoms with van der Waals surface area (Å²) in [5, 5.41) is 13.8. The number of carbonyl (C=O) groups is 2. The molecular formula is C18H20FN3O3. The molecule has 1 aromatic heterocycles. The minimum Gasteiger partial charge on any atom is -0.481 e. The van der Waals surface area contributed by atoms with Gasteiger partial charge in [0.2, 0.25) is 0 Å². The Kier molecular flexibility index (Phi) is 4.57. The summed E-state index contributed by atoms with van der Waals surface area (Å²) in [7, 11) is 0. The number of amides is 1. The third-order valence-electron chi connectivity index (χ3n) is 4.72. The summed E-state index contributed by atoms with van der Waals surface area (Å²) in [6, 6.07) is 7.50. The number of carboxylic acids is 1. The number of nitrogens with zero attached hydrogens (tertiary/aromatic N) is 3. The van der Waals surface area contributed by atoms with Gasteiger partial charge in [-0.05, 0) is 37.6 Å². The zero-order chi connectivity index (χ0) is 18.1. The molecule has 1 amide bonds. The average Bonchev–Trinajstić information content (AvgIpc) is 3.19. The van der Waals surface area contributed by atoms with Crippen molar-refractivity contribution in [2.75, 3.05) is 13.1 Å². The van der Waals surface area contributed by atoms with Gasteiger partial charge in [-0.1, -0.05) is 12.1 Å². The number of aliphatic carboxylic acids is 1. The fourth-order valence-electron chi connectivity index (χ4n) is 3.36. The molecule has 0 saturated carbocycles. The third-order valence-corrected chi connectivity index (χ3v) is 4.72. The second kappa shape index (κ2) is 6.66. The van der Waals surface area contributed by atoms with Crippen LogP contribution in [0.3, 0.4) is 0 Å². The largest absolute Gasteiger partial charge is 0.481 e.